The molecule has 0 aliphatic carbocycles. The molecule has 1 N–H and O–H groups in total. The number of hydrogen-bond donors (Lipinski definition) is 1. The highest BCUT2D eigenvalue weighted by Crippen LogP contribution is 2.22. The van der Waals surface area contributed by atoms with E-state index in [9.17, 15) is 13.2 Å². The number of benzene rings is 2. The molecule has 0 unspecified atom stereocenters. The van der Waals surface area contributed by atoms with E-state index in [1.54, 1.807) is 17.0 Å². The van der Waals surface area contributed by atoms with Gasteiger partial charge in [-0.05, 0) is 43.3 Å². The molecule has 1 aliphatic heterocycles. The van der Waals surface area contributed by atoms with Gasteiger partial charge in [-0.2, -0.15) is 4.31 Å². The average molecular weight is 418 g/mol. The Bertz CT molecular complexity index is 1150. The van der Waals surface area contributed by atoms with Crippen molar-refractivity contribution < 1.29 is 13.2 Å². The van der Waals surface area contributed by atoms with Crippen LogP contribution in [0.1, 0.15) is 16.1 Å². The summed E-state index contributed by atoms with van der Waals surface area (Å²) in [6.45, 7) is 3.19. The number of aromatic amines is 1. The summed E-state index contributed by atoms with van der Waals surface area (Å²) in [5.74, 6) is -0.117. The summed E-state index contributed by atoms with van der Waals surface area (Å²) in [4.78, 5) is 17.8. The summed E-state index contributed by atoms with van der Waals surface area (Å²) in [6.07, 6.45) is 0. The van der Waals surface area contributed by atoms with Gasteiger partial charge >= 0.3 is 0 Å². The Morgan fingerprint density at radius 1 is 1.04 bits per heavy atom. The summed E-state index contributed by atoms with van der Waals surface area (Å²) in [7, 11) is -3.62. The molecular formula is C20H20ClN3O3S. The normalized spacial score (nSPS) is 15.9. The van der Waals surface area contributed by atoms with E-state index in [1.807, 2.05) is 31.2 Å². The monoisotopic (exact) mass is 417 g/mol. The third-order valence-electron chi connectivity index (χ3n) is 4.97. The lowest BCUT2D eigenvalue weighted by molar-refractivity contribution is 0.0693. The third kappa shape index (κ3) is 3.53. The zero-order valence-electron chi connectivity index (χ0n) is 15.4. The van der Waals surface area contributed by atoms with Crippen LogP contribution in [-0.4, -0.2) is 54.7 Å². The predicted molar refractivity (Wildman–Crippen MR) is 109 cm³/mol. The first-order valence-electron chi connectivity index (χ1n) is 8.99. The molecule has 8 heteroatoms. The highest BCUT2D eigenvalue weighted by Gasteiger charge is 2.31. The zero-order valence-corrected chi connectivity index (χ0v) is 16.9. The van der Waals surface area contributed by atoms with Crippen LogP contribution in [0.15, 0.2) is 53.4 Å². The van der Waals surface area contributed by atoms with Crippen LogP contribution in [-0.2, 0) is 10.0 Å². The molecule has 3 aromatic rings. The number of H-pyrrole nitrogens is 1. The van der Waals surface area contributed by atoms with E-state index in [2.05, 4.69) is 4.98 Å². The molecule has 28 heavy (non-hydrogen) atoms. The molecule has 1 fully saturated rings. The second-order valence-electron chi connectivity index (χ2n) is 6.93. The molecule has 146 valence electrons. The first kappa shape index (κ1) is 19.0. The number of carbonyl (C=O) groups is 1. The highest BCUT2D eigenvalue weighted by molar-refractivity contribution is 7.89. The molecule has 0 bridgehead atoms. The van der Waals surface area contributed by atoms with Gasteiger partial charge in [-0.25, -0.2) is 8.42 Å². The minimum atomic E-state index is -3.62. The maximum Gasteiger partial charge on any atom is 0.270 e. The van der Waals surface area contributed by atoms with Crippen LogP contribution >= 0.6 is 11.6 Å². The topological polar surface area (TPSA) is 73.5 Å². The number of carbonyl (C=O) groups excluding carboxylic acids is 1. The Hall–Kier alpha value is -2.35. The number of nitrogens with zero attached hydrogens (tertiary/aromatic N) is 2. The van der Waals surface area contributed by atoms with Crippen LogP contribution in [0, 0.1) is 6.92 Å². The summed E-state index contributed by atoms with van der Waals surface area (Å²) >= 11 is 5.93. The smallest absolute Gasteiger partial charge is 0.270 e. The van der Waals surface area contributed by atoms with Crippen LogP contribution in [0.3, 0.4) is 0 Å². The minimum Gasteiger partial charge on any atom is -0.351 e. The van der Waals surface area contributed by atoms with Crippen molar-refractivity contribution in [2.24, 2.45) is 0 Å². The minimum absolute atomic E-state index is 0.117. The van der Waals surface area contributed by atoms with Crippen LogP contribution in [0.4, 0.5) is 0 Å². The van der Waals surface area contributed by atoms with E-state index in [-0.39, 0.29) is 23.9 Å². The molecule has 2 aromatic carbocycles. The summed E-state index contributed by atoms with van der Waals surface area (Å²) in [6, 6.07) is 14.1. The molecule has 1 aromatic heterocycles. The van der Waals surface area contributed by atoms with Gasteiger partial charge in [0.05, 0.1) is 4.90 Å². The molecule has 0 spiro atoms. The lowest BCUT2D eigenvalue weighted by Gasteiger charge is -2.33. The maximum atomic E-state index is 12.8. The maximum absolute atomic E-state index is 12.8. The molecule has 2 heterocycles. The molecule has 6 nitrogen and oxygen atoms in total. The Labute approximate surface area is 168 Å². The van der Waals surface area contributed by atoms with Crippen LogP contribution in [0.5, 0.6) is 0 Å². The van der Waals surface area contributed by atoms with E-state index in [0.717, 1.165) is 16.5 Å². The van der Waals surface area contributed by atoms with Gasteiger partial charge < -0.3 is 9.88 Å². The van der Waals surface area contributed by atoms with Crippen molar-refractivity contribution in [2.45, 2.75) is 11.8 Å². The van der Waals surface area contributed by atoms with Crippen molar-refractivity contribution in [1.29, 1.82) is 0 Å². The Morgan fingerprint density at radius 3 is 2.50 bits per heavy atom. The van der Waals surface area contributed by atoms with E-state index >= 15 is 0 Å². The molecule has 0 radical (unpaired) electrons. The molecule has 0 atom stereocenters. The molecule has 1 amide bonds. The number of nitrogens with one attached hydrogen (secondary N) is 1. The van der Waals surface area contributed by atoms with Crippen molar-refractivity contribution >= 4 is 38.4 Å². The Balaban J connectivity index is 1.48. The lowest BCUT2D eigenvalue weighted by Crippen LogP contribution is -2.50. The van der Waals surface area contributed by atoms with E-state index in [1.165, 1.54) is 16.4 Å². The second-order valence-corrected chi connectivity index (χ2v) is 9.30. The van der Waals surface area contributed by atoms with Crippen molar-refractivity contribution in [3.8, 4) is 0 Å². The SMILES string of the molecule is Cc1ccc2[nH]c(C(=O)N3CCN(S(=O)(=O)c4cccc(Cl)c4)CC3)cc2c1. The predicted octanol–water partition coefficient (Wildman–Crippen LogP) is 3.28. The van der Waals surface area contributed by atoms with Gasteiger partial charge in [-0.3, -0.25) is 4.79 Å². The van der Waals surface area contributed by atoms with Gasteiger partial charge in [0.25, 0.3) is 5.91 Å². The Kier molecular flexibility index (Phi) is 4.91. The molecule has 1 aliphatic rings. The van der Waals surface area contributed by atoms with Gasteiger partial charge in [0.1, 0.15) is 5.69 Å². The first-order valence-corrected chi connectivity index (χ1v) is 10.8. The lowest BCUT2D eigenvalue weighted by atomic mass is 10.2. The number of halogens is 1. The molecule has 4 rings (SSSR count). The van der Waals surface area contributed by atoms with Crippen LogP contribution < -0.4 is 0 Å². The second kappa shape index (κ2) is 7.24. The van der Waals surface area contributed by atoms with Crippen LogP contribution in [0.2, 0.25) is 5.02 Å². The van der Waals surface area contributed by atoms with Gasteiger partial charge in [0, 0.05) is 42.1 Å². The largest absolute Gasteiger partial charge is 0.351 e. The summed E-state index contributed by atoms with van der Waals surface area (Å²) in [5.41, 5.74) is 2.56. The number of aromatic nitrogens is 1. The van der Waals surface area contributed by atoms with Gasteiger partial charge in [-0.15, -0.1) is 0 Å². The summed E-state index contributed by atoms with van der Waals surface area (Å²) < 4.78 is 27.0. The zero-order chi connectivity index (χ0) is 19.9. The first-order chi connectivity index (χ1) is 13.3. The van der Waals surface area contributed by atoms with Crippen molar-refractivity contribution in [3.05, 3.63) is 64.8 Å². The molecule has 1 saturated heterocycles. The van der Waals surface area contributed by atoms with Gasteiger partial charge in [0.15, 0.2) is 0 Å². The fraction of sp³-hybridized carbons (Fsp3) is 0.250. The van der Waals surface area contributed by atoms with Crippen molar-refractivity contribution in [2.75, 3.05) is 26.2 Å². The number of rotatable bonds is 3. The fourth-order valence-electron chi connectivity index (χ4n) is 3.45. The third-order valence-corrected chi connectivity index (χ3v) is 7.10. The number of hydrogen-bond acceptors (Lipinski definition) is 3. The highest BCUT2D eigenvalue weighted by atomic mass is 35.5. The quantitative estimate of drug-likeness (QED) is 0.710. The summed E-state index contributed by atoms with van der Waals surface area (Å²) in [5, 5.41) is 1.37. The number of fused-ring (bicyclic) bond motifs is 1. The fourth-order valence-corrected chi connectivity index (χ4v) is 5.17. The number of aryl methyl sites for hydroxylation is 1. The average Bonchev–Trinajstić information content (AvgIpc) is 3.10. The van der Waals surface area contributed by atoms with Gasteiger partial charge in [0.2, 0.25) is 10.0 Å². The van der Waals surface area contributed by atoms with E-state index in [4.69, 9.17) is 11.6 Å². The number of sulfonamides is 1. The van der Waals surface area contributed by atoms with Crippen LogP contribution in [0.25, 0.3) is 10.9 Å². The van der Waals surface area contributed by atoms with Crippen molar-refractivity contribution in [1.82, 2.24) is 14.2 Å². The van der Waals surface area contributed by atoms with E-state index in [0.29, 0.717) is 23.8 Å². The Morgan fingerprint density at radius 2 is 1.79 bits per heavy atom. The standard InChI is InChI=1S/C20H20ClN3O3S/c1-14-5-6-18-15(11-14)12-19(22-18)20(25)23-7-9-24(10-8-23)28(26,27)17-4-2-3-16(21)13-17/h2-6,11-13,22H,7-10H2,1H3. The number of piperazine rings is 1. The van der Waals surface area contributed by atoms with E-state index < -0.39 is 10.0 Å². The molecular weight excluding hydrogens is 398 g/mol. The molecule has 0 saturated carbocycles. The van der Waals surface area contributed by atoms with Gasteiger partial charge in [-0.1, -0.05) is 29.3 Å². The van der Waals surface area contributed by atoms with Crippen molar-refractivity contribution in [3.63, 3.8) is 0 Å². The number of amides is 1.